The average molecular weight is 419 g/mol. The van der Waals surface area contributed by atoms with Gasteiger partial charge in [0.1, 0.15) is 0 Å². The maximum Gasteiger partial charge on any atom is 0.335 e. The summed E-state index contributed by atoms with van der Waals surface area (Å²) in [5.41, 5.74) is 5.98. The van der Waals surface area contributed by atoms with E-state index in [9.17, 15) is 9.59 Å². The molecule has 0 fully saturated rings. The number of hydrogen-bond acceptors (Lipinski definition) is 3. The van der Waals surface area contributed by atoms with E-state index in [1.54, 1.807) is 23.5 Å². The Balaban J connectivity index is 1.92. The van der Waals surface area contributed by atoms with Crippen molar-refractivity contribution in [1.29, 1.82) is 0 Å². The van der Waals surface area contributed by atoms with E-state index in [1.165, 1.54) is 23.3 Å². The monoisotopic (exact) mass is 418 g/mol. The van der Waals surface area contributed by atoms with E-state index in [0.29, 0.717) is 11.1 Å². The quantitative estimate of drug-likeness (QED) is 0.480. The third kappa shape index (κ3) is 3.50. The molecule has 1 aliphatic rings. The van der Waals surface area contributed by atoms with E-state index in [-0.39, 0.29) is 22.2 Å². The van der Waals surface area contributed by atoms with Crippen LogP contribution < -0.4 is 0 Å². The lowest BCUT2D eigenvalue weighted by atomic mass is 9.62. The topological polar surface area (TPSA) is 54.4 Å². The minimum absolute atomic E-state index is 0.000223. The molecule has 0 saturated heterocycles. The number of ketones is 1. The van der Waals surface area contributed by atoms with Crippen molar-refractivity contribution in [3.05, 3.63) is 81.0 Å². The standard InChI is InChI=1S/C26H26O3S/c1-25(2)10-11-26(3,4)22-14-20(19(13-21(22)25)18-9-12-30-15-18)23(27)16-5-7-17(8-6-16)24(28)29/h5-9,12-15H,10-11H2,1-4H3,(H,28,29). The van der Waals surface area contributed by atoms with Crippen LogP contribution in [0.1, 0.15) is 77.9 Å². The molecular formula is C26H26O3S. The van der Waals surface area contributed by atoms with Gasteiger partial charge in [0.25, 0.3) is 0 Å². The van der Waals surface area contributed by atoms with Crippen molar-refractivity contribution in [2.75, 3.05) is 0 Å². The van der Waals surface area contributed by atoms with Crippen molar-refractivity contribution in [2.24, 2.45) is 0 Å². The van der Waals surface area contributed by atoms with Gasteiger partial charge in [-0.2, -0.15) is 11.3 Å². The highest BCUT2D eigenvalue weighted by Crippen LogP contribution is 2.48. The zero-order valence-electron chi connectivity index (χ0n) is 17.8. The lowest BCUT2D eigenvalue weighted by molar-refractivity contribution is 0.0696. The third-order valence-corrected chi connectivity index (χ3v) is 7.15. The van der Waals surface area contributed by atoms with Crippen molar-refractivity contribution in [3.8, 4) is 11.1 Å². The van der Waals surface area contributed by atoms with Crippen LogP contribution in [-0.4, -0.2) is 16.9 Å². The molecule has 0 unspecified atom stereocenters. The molecule has 1 heterocycles. The molecule has 0 aliphatic heterocycles. The molecule has 3 nitrogen and oxygen atoms in total. The van der Waals surface area contributed by atoms with Crippen molar-refractivity contribution in [3.63, 3.8) is 0 Å². The first-order valence-corrected chi connectivity index (χ1v) is 11.1. The van der Waals surface area contributed by atoms with Crippen molar-refractivity contribution in [2.45, 2.75) is 51.4 Å². The van der Waals surface area contributed by atoms with Crippen LogP contribution in [0.15, 0.2) is 53.2 Å². The predicted octanol–water partition coefficient (Wildman–Crippen LogP) is 6.69. The molecule has 2 aromatic carbocycles. The number of fused-ring (bicyclic) bond motifs is 1. The smallest absolute Gasteiger partial charge is 0.335 e. The summed E-state index contributed by atoms with van der Waals surface area (Å²) in [4.78, 5) is 24.7. The number of carbonyl (C=O) groups is 2. The normalized spacial score (nSPS) is 16.7. The number of carbonyl (C=O) groups excluding carboxylic acids is 1. The summed E-state index contributed by atoms with van der Waals surface area (Å²) < 4.78 is 0. The van der Waals surface area contributed by atoms with Crippen LogP contribution in [0, 0.1) is 0 Å². The average Bonchev–Trinajstić information content (AvgIpc) is 3.25. The Kier molecular flexibility index (Phi) is 4.94. The highest BCUT2D eigenvalue weighted by atomic mass is 32.1. The van der Waals surface area contributed by atoms with E-state index in [4.69, 9.17) is 5.11 Å². The van der Waals surface area contributed by atoms with Crippen LogP contribution >= 0.6 is 11.3 Å². The van der Waals surface area contributed by atoms with E-state index in [0.717, 1.165) is 24.0 Å². The zero-order valence-corrected chi connectivity index (χ0v) is 18.6. The summed E-state index contributed by atoms with van der Waals surface area (Å²) >= 11 is 1.62. The maximum atomic E-state index is 13.6. The fraction of sp³-hybridized carbons (Fsp3) is 0.308. The highest BCUT2D eigenvalue weighted by Gasteiger charge is 2.38. The van der Waals surface area contributed by atoms with Gasteiger partial charge in [-0.3, -0.25) is 4.79 Å². The van der Waals surface area contributed by atoms with Gasteiger partial charge in [-0.15, -0.1) is 0 Å². The Morgan fingerprint density at radius 3 is 1.97 bits per heavy atom. The summed E-state index contributed by atoms with van der Waals surface area (Å²) in [7, 11) is 0. The molecule has 0 atom stereocenters. The minimum atomic E-state index is -0.995. The molecule has 0 amide bonds. The molecule has 4 heteroatoms. The fourth-order valence-electron chi connectivity index (χ4n) is 4.38. The van der Waals surface area contributed by atoms with Crippen LogP contribution in [0.5, 0.6) is 0 Å². The Bertz CT molecular complexity index is 1120. The second-order valence-corrected chi connectivity index (χ2v) is 10.2. The molecule has 4 rings (SSSR count). The van der Waals surface area contributed by atoms with Gasteiger partial charge in [0.2, 0.25) is 0 Å². The number of benzene rings is 2. The molecule has 1 N–H and O–H groups in total. The van der Waals surface area contributed by atoms with Gasteiger partial charge in [0.05, 0.1) is 5.56 Å². The van der Waals surface area contributed by atoms with Gasteiger partial charge in [0.15, 0.2) is 5.78 Å². The van der Waals surface area contributed by atoms with E-state index in [2.05, 4.69) is 51.3 Å². The Morgan fingerprint density at radius 1 is 0.867 bits per heavy atom. The van der Waals surface area contributed by atoms with Crippen molar-refractivity contribution < 1.29 is 14.7 Å². The predicted molar refractivity (Wildman–Crippen MR) is 122 cm³/mol. The maximum absolute atomic E-state index is 13.6. The number of aromatic carboxylic acids is 1. The summed E-state index contributed by atoms with van der Waals surface area (Å²) in [5.74, 6) is -1.07. The number of rotatable bonds is 4. The highest BCUT2D eigenvalue weighted by molar-refractivity contribution is 7.08. The summed E-state index contributed by atoms with van der Waals surface area (Å²) in [6.45, 7) is 9.07. The molecule has 0 spiro atoms. The Hall–Kier alpha value is -2.72. The Morgan fingerprint density at radius 2 is 1.43 bits per heavy atom. The molecule has 0 radical (unpaired) electrons. The van der Waals surface area contributed by atoms with Gasteiger partial charge in [0, 0.05) is 11.1 Å². The van der Waals surface area contributed by atoms with Crippen LogP contribution in [0.25, 0.3) is 11.1 Å². The molecule has 1 aliphatic carbocycles. The summed E-state index contributed by atoms with van der Waals surface area (Å²) in [6.07, 6.45) is 2.19. The zero-order chi connectivity index (χ0) is 21.7. The molecule has 154 valence electrons. The number of carboxylic acid groups (broad SMARTS) is 1. The van der Waals surface area contributed by atoms with Gasteiger partial charge in [-0.1, -0.05) is 39.8 Å². The molecular weight excluding hydrogens is 392 g/mol. The molecule has 0 saturated carbocycles. The van der Waals surface area contributed by atoms with Crippen molar-refractivity contribution in [1.82, 2.24) is 0 Å². The van der Waals surface area contributed by atoms with Gasteiger partial charge in [-0.25, -0.2) is 4.79 Å². The molecule has 0 bridgehead atoms. The molecule has 3 aromatic rings. The van der Waals surface area contributed by atoms with Crippen LogP contribution in [0.3, 0.4) is 0 Å². The number of hydrogen-bond donors (Lipinski definition) is 1. The second kappa shape index (κ2) is 7.21. The van der Waals surface area contributed by atoms with E-state index >= 15 is 0 Å². The van der Waals surface area contributed by atoms with Crippen LogP contribution in [0.2, 0.25) is 0 Å². The number of thiophene rings is 1. The lowest BCUT2D eigenvalue weighted by Gasteiger charge is -2.42. The number of carboxylic acids is 1. The Labute approximate surface area is 181 Å². The molecule has 1 aromatic heterocycles. The fourth-order valence-corrected chi connectivity index (χ4v) is 5.03. The molecule has 30 heavy (non-hydrogen) atoms. The van der Waals surface area contributed by atoms with Crippen LogP contribution in [-0.2, 0) is 10.8 Å². The SMILES string of the molecule is CC1(C)CCC(C)(C)c2cc(-c3ccsc3)c(C(=O)c3ccc(C(=O)O)cc3)cc21. The minimum Gasteiger partial charge on any atom is -0.478 e. The van der Waals surface area contributed by atoms with Gasteiger partial charge >= 0.3 is 5.97 Å². The first-order valence-electron chi connectivity index (χ1n) is 10.2. The largest absolute Gasteiger partial charge is 0.478 e. The summed E-state index contributed by atoms with van der Waals surface area (Å²) in [5, 5.41) is 13.3. The van der Waals surface area contributed by atoms with Crippen LogP contribution in [0.4, 0.5) is 0 Å². The lowest BCUT2D eigenvalue weighted by Crippen LogP contribution is -2.34. The van der Waals surface area contributed by atoms with E-state index in [1.807, 2.05) is 5.38 Å². The summed E-state index contributed by atoms with van der Waals surface area (Å²) in [6, 6.07) is 12.6. The van der Waals surface area contributed by atoms with E-state index < -0.39 is 5.97 Å². The van der Waals surface area contributed by atoms with Crippen molar-refractivity contribution >= 4 is 23.1 Å². The third-order valence-electron chi connectivity index (χ3n) is 6.46. The first-order chi connectivity index (χ1) is 14.1. The first kappa shape index (κ1) is 20.5. The van der Waals surface area contributed by atoms with Gasteiger partial charge in [-0.05, 0) is 87.0 Å². The second-order valence-electron chi connectivity index (χ2n) is 9.43. The van der Waals surface area contributed by atoms with Gasteiger partial charge < -0.3 is 5.11 Å².